The predicted octanol–water partition coefficient (Wildman–Crippen LogP) is 2.93. The average molecular weight is 233 g/mol. The minimum atomic E-state index is 0.600. The molecule has 0 bridgehead atoms. The molecule has 2 rings (SSSR count). The van der Waals surface area contributed by atoms with Gasteiger partial charge in [-0.3, -0.25) is 0 Å². The van der Waals surface area contributed by atoms with E-state index >= 15 is 0 Å². The van der Waals surface area contributed by atoms with E-state index in [9.17, 15) is 0 Å². The fourth-order valence-electron chi connectivity index (χ4n) is 2.67. The van der Waals surface area contributed by atoms with E-state index in [1.807, 2.05) is 6.07 Å². The Labute approximate surface area is 104 Å². The van der Waals surface area contributed by atoms with Gasteiger partial charge in [0, 0.05) is 18.8 Å². The van der Waals surface area contributed by atoms with Crippen molar-refractivity contribution in [3.63, 3.8) is 0 Å². The number of hydrogen-bond acceptors (Lipinski definition) is 3. The molecule has 0 saturated heterocycles. The summed E-state index contributed by atoms with van der Waals surface area (Å²) in [6, 6.07) is 2.58. The number of nitrogens with one attached hydrogen (secondary N) is 1. The molecule has 0 unspecified atom stereocenters. The van der Waals surface area contributed by atoms with Gasteiger partial charge in [-0.15, -0.1) is 0 Å². The summed E-state index contributed by atoms with van der Waals surface area (Å²) in [6.45, 7) is 3.18. The van der Waals surface area contributed by atoms with E-state index in [-0.39, 0.29) is 0 Å². The van der Waals surface area contributed by atoms with Gasteiger partial charge in [0.25, 0.3) is 0 Å². The highest BCUT2D eigenvalue weighted by Gasteiger charge is 2.18. The third kappa shape index (κ3) is 4.08. The largest absolute Gasteiger partial charge is 0.308 e. The molecule has 1 aromatic heterocycles. The highest BCUT2D eigenvalue weighted by atomic mass is 14.9. The molecule has 1 N–H and O–H groups in total. The maximum Gasteiger partial charge on any atom is 0.115 e. The Morgan fingerprint density at radius 3 is 2.71 bits per heavy atom. The number of nitrogens with zero attached hydrogens (tertiary/aromatic N) is 2. The fourth-order valence-corrected chi connectivity index (χ4v) is 2.67. The lowest BCUT2D eigenvalue weighted by molar-refractivity contribution is 0.335. The molecule has 0 radical (unpaired) electrons. The van der Waals surface area contributed by atoms with Crippen LogP contribution in [0.4, 0.5) is 0 Å². The van der Waals surface area contributed by atoms with Gasteiger partial charge in [0.05, 0.1) is 5.69 Å². The Hall–Kier alpha value is -0.960. The van der Waals surface area contributed by atoms with Crippen LogP contribution in [0.5, 0.6) is 0 Å². The van der Waals surface area contributed by atoms with E-state index in [2.05, 4.69) is 22.2 Å². The Morgan fingerprint density at radius 2 is 2.06 bits per heavy atom. The molecule has 0 aliphatic heterocycles. The molecular weight excluding hydrogens is 210 g/mol. The summed E-state index contributed by atoms with van der Waals surface area (Å²) in [6.07, 6.45) is 11.9. The minimum Gasteiger partial charge on any atom is -0.308 e. The molecule has 94 valence electrons. The second-order valence-electron chi connectivity index (χ2n) is 5.12. The fraction of sp³-hybridized carbons (Fsp3) is 0.714. The van der Waals surface area contributed by atoms with Crippen LogP contribution in [-0.2, 0) is 6.54 Å². The predicted molar refractivity (Wildman–Crippen MR) is 69.5 cm³/mol. The Bertz CT molecular complexity index is 305. The van der Waals surface area contributed by atoms with Crippen molar-refractivity contribution in [3.05, 3.63) is 24.3 Å². The second kappa shape index (κ2) is 6.70. The molecule has 0 spiro atoms. The van der Waals surface area contributed by atoms with Crippen LogP contribution in [0, 0.1) is 5.92 Å². The molecule has 1 atom stereocenters. The first-order chi connectivity index (χ1) is 8.36. The Balaban J connectivity index is 1.78. The lowest BCUT2D eigenvalue weighted by Crippen LogP contribution is -2.33. The van der Waals surface area contributed by atoms with E-state index < -0.39 is 0 Å². The Morgan fingerprint density at radius 1 is 1.29 bits per heavy atom. The molecule has 1 aromatic rings. The van der Waals surface area contributed by atoms with Gasteiger partial charge in [-0.05, 0) is 31.7 Å². The number of rotatable bonds is 4. The first kappa shape index (κ1) is 12.5. The molecule has 1 fully saturated rings. The van der Waals surface area contributed by atoms with Crippen LogP contribution in [0.1, 0.15) is 51.1 Å². The quantitative estimate of drug-likeness (QED) is 0.813. The second-order valence-corrected chi connectivity index (χ2v) is 5.12. The monoisotopic (exact) mass is 233 g/mol. The third-order valence-electron chi connectivity index (χ3n) is 3.86. The zero-order chi connectivity index (χ0) is 11.9. The summed E-state index contributed by atoms with van der Waals surface area (Å²) in [5.41, 5.74) is 1.08. The van der Waals surface area contributed by atoms with Gasteiger partial charge in [-0.25, -0.2) is 9.97 Å². The minimum absolute atomic E-state index is 0.600. The molecule has 1 aliphatic carbocycles. The molecular formula is C14H23N3. The molecule has 3 nitrogen and oxygen atoms in total. The van der Waals surface area contributed by atoms with E-state index in [1.54, 1.807) is 12.5 Å². The van der Waals surface area contributed by atoms with Gasteiger partial charge in [-0.2, -0.15) is 0 Å². The molecule has 17 heavy (non-hydrogen) atoms. The highest BCUT2D eigenvalue weighted by molar-refractivity contribution is 4.97. The lowest BCUT2D eigenvalue weighted by atomic mass is 9.93. The number of aromatic nitrogens is 2. The summed E-state index contributed by atoms with van der Waals surface area (Å²) < 4.78 is 0. The van der Waals surface area contributed by atoms with Crippen molar-refractivity contribution < 1.29 is 0 Å². The molecule has 3 heteroatoms. The van der Waals surface area contributed by atoms with Crippen molar-refractivity contribution in [1.82, 2.24) is 15.3 Å². The van der Waals surface area contributed by atoms with Crippen LogP contribution in [0.15, 0.2) is 18.6 Å². The van der Waals surface area contributed by atoms with E-state index in [0.29, 0.717) is 6.04 Å². The van der Waals surface area contributed by atoms with Crippen molar-refractivity contribution in [2.45, 2.75) is 58.0 Å². The van der Waals surface area contributed by atoms with Gasteiger partial charge in [0.1, 0.15) is 6.33 Å². The van der Waals surface area contributed by atoms with Crippen molar-refractivity contribution in [3.8, 4) is 0 Å². The van der Waals surface area contributed by atoms with Gasteiger partial charge >= 0.3 is 0 Å². The molecule has 1 saturated carbocycles. The van der Waals surface area contributed by atoms with Crippen molar-refractivity contribution >= 4 is 0 Å². The number of hydrogen-bond donors (Lipinski definition) is 1. The van der Waals surface area contributed by atoms with Crippen LogP contribution in [-0.4, -0.2) is 16.0 Å². The van der Waals surface area contributed by atoms with Crippen molar-refractivity contribution in [2.24, 2.45) is 5.92 Å². The summed E-state index contributed by atoms with van der Waals surface area (Å²) in [4.78, 5) is 8.18. The maximum absolute atomic E-state index is 4.24. The maximum atomic E-state index is 4.24. The van der Waals surface area contributed by atoms with Gasteiger partial charge < -0.3 is 5.32 Å². The van der Waals surface area contributed by atoms with E-state index in [0.717, 1.165) is 18.2 Å². The van der Waals surface area contributed by atoms with Crippen LogP contribution in [0.25, 0.3) is 0 Å². The summed E-state index contributed by atoms with van der Waals surface area (Å²) >= 11 is 0. The van der Waals surface area contributed by atoms with Crippen molar-refractivity contribution in [1.29, 1.82) is 0 Å². The third-order valence-corrected chi connectivity index (χ3v) is 3.86. The standard InChI is InChI=1S/C14H23N3/c1-12(13-6-4-2-3-5-7-13)16-10-14-8-9-15-11-17-14/h8-9,11-13,16H,2-7,10H2,1H3/t12-/m1/s1. The van der Waals surface area contributed by atoms with E-state index in [1.165, 1.54) is 38.5 Å². The molecule has 1 heterocycles. The summed E-state index contributed by atoms with van der Waals surface area (Å²) in [7, 11) is 0. The highest BCUT2D eigenvalue weighted by Crippen LogP contribution is 2.25. The molecule has 0 aromatic carbocycles. The first-order valence-corrected chi connectivity index (χ1v) is 6.84. The summed E-state index contributed by atoms with van der Waals surface area (Å²) in [5, 5.41) is 3.61. The Kier molecular flexibility index (Phi) is 4.92. The van der Waals surface area contributed by atoms with Gasteiger partial charge in [0.2, 0.25) is 0 Å². The van der Waals surface area contributed by atoms with Crippen LogP contribution >= 0.6 is 0 Å². The normalized spacial score (nSPS) is 19.8. The SMILES string of the molecule is C[C@@H](NCc1ccncn1)C1CCCCCC1. The topological polar surface area (TPSA) is 37.8 Å². The van der Waals surface area contributed by atoms with Crippen LogP contribution < -0.4 is 5.32 Å². The van der Waals surface area contributed by atoms with Gasteiger partial charge in [-0.1, -0.05) is 25.7 Å². The van der Waals surface area contributed by atoms with Crippen LogP contribution in [0.3, 0.4) is 0 Å². The van der Waals surface area contributed by atoms with Crippen LogP contribution in [0.2, 0.25) is 0 Å². The first-order valence-electron chi connectivity index (χ1n) is 6.84. The molecule has 0 amide bonds. The lowest BCUT2D eigenvalue weighted by Gasteiger charge is -2.23. The van der Waals surface area contributed by atoms with E-state index in [4.69, 9.17) is 0 Å². The summed E-state index contributed by atoms with van der Waals surface area (Å²) in [5.74, 6) is 0.847. The van der Waals surface area contributed by atoms with Gasteiger partial charge in [0.15, 0.2) is 0 Å². The zero-order valence-electron chi connectivity index (χ0n) is 10.7. The average Bonchev–Trinajstić information content (AvgIpc) is 2.66. The zero-order valence-corrected chi connectivity index (χ0v) is 10.7. The molecule has 1 aliphatic rings. The smallest absolute Gasteiger partial charge is 0.115 e. The van der Waals surface area contributed by atoms with Crippen molar-refractivity contribution in [2.75, 3.05) is 0 Å².